The summed E-state index contributed by atoms with van der Waals surface area (Å²) in [6.45, 7) is 10.3. The van der Waals surface area contributed by atoms with E-state index in [-0.39, 0.29) is 40.7 Å². The lowest BCUT2D eigenvalue weighted by Gasteiger charge is -2.46. The second-order valence-corrected chi connectivity index (χ2v) is 17.6. The maximum Gasteiger partial charge on any atom is 0.327 e. The Kier molecular flexibility index (Phi) is 11.7. The van der Waals surface area contributed by atoms with E-state index >= 15 is 0 Å². The standard InChI is InChI=1S/C39H53ClN4O6S/c1-6-27-19-35-26(3)50-24-39(16-8-10-28-17-31(40)13-15-33(28)39)23-44(35)20-29-12-14-32(29)36(49-5)11-7-9-25(2)22-51(47,42-37(27)45)43-38(46)41-34-18-30(34)21-48-4/h6-7,11,13,15,17,19,25,29-30,32,34,36H,1,8-10,12,14,16,18,20-24H2,2-5H3,(H2,41,42,43,45,46,47)/b11-7+,27-19+/t25-,29-,30-,32+,34-,36-,39-,51-/m0/s1. The molecular formula is C39H53ClN4O6S. The molecule has 278 valence electrons. The maximum atomic E-state index is 14.4. The molecule has 0 aromatic heterocycles. The number of hydrogen-bond acceptors (Lipinski definition) is 7. The smallest absolute Gasteiger partial charge is 0.327 e. The summed E-state index contributed by atoms with van der Waals surface area (Å²) >= 11 is 6.46. The highest BCUT2D eigenvalue weighted by Gasteiger charge is 2.44. The fraction of sp³-hybridized carbons (Fsp3) is 0.590. The number of hydrogen-bond donors (Lipinski definition) is 2. The molecule has 3 amide bonds. The molecule has 5 aliphatic rings. The number of nitrogens with zero attached hydrogens (tertiary/aromatic N) is 2. The van der Waals surface area contributed by atoms with E-state index in [4.69, 9.17) is 25.8 Å². The monoisotopic (exact) mass is 740 g/mol. The van der Waals surface area contributed by atoms with E-state index in [1.54, 1.807) is 20.3 Å². The first kappa shape index (κ1) is 37.6. The van der Waals surface area contributed by atoms with Gasteiger partial charge in [-0.1, -0.05) is 49.4 Å². The molecule has 10 nitrogen and oxygen atoms in total. The molecule has 1 aromatic rings. The van der Waals surface area contributed by atoms with Crippen molar-refractivity contribution in [1.82, 2.24) is 14.9 Å². The van der Waals surface area contributed by atoms with Crippen LogP contribution < -0.4 is 10.0 Å². The highest BCUT2D eigenvalue weighted by atomic mass is 35.5. The molecule has 3 aliphatic carbocycles. The summed E-state index contributed by atoms with van der Waals surface area (Å²) in [5.41, 5.74) is 3.20. The number of carbonyl (C=O) groups is 2. The number of amides is 3. The third-order valence-electron chi connectivity index (χ3n) is 11.4. The van der Waals surface area contributed by atoms with Gasteiger partial charge in [0.1, 0.15) is 15.7 Å². The average molecular weight is 741 g/mol. The van der Waals surface area contributed by atoms with Gasteiger partial charge >= 0.3 is 6.03 Å². The van der Waals surface area contributed by atoms with Crippen molar-refractivity contribution in [1.29, 1.82) is 0 Å². The van der Waals surface area contributed by atoms with E-state index in [0.29, 0.717) is 43.8 Å². The molecule has 2 N–H and O–H groups in total. The molecule has 0 bridgehead atoms. The third-order valence-corrected chi connectivity index (χ3v) is 13.6. The molecule has 2 fully saturated rings. The first-order valence-electron chi connectivity index (χ1n) is 18.2. The Hall–Kier alpha value is -3.12. The van der Waals surface area contributed by atoms with Crippen LogP contribution in [-0.4, -0.2) is 79.5 Å². The summed E-state index contributed by atoms with van der Waals surface area (Å²) in [4.78, 5) is 29.5. The van der Waals surface area contributed by atoms with E-state index in [2.05, 4.69) is 50.2 Å². The number of carbonyl (C=O) groups excluding carboxylic acids is 2. The van der Waals surface area contributed by atoms with Crippen LogP contribution >= 0.6 is 11.6 Å². The van der Waals surface area contributed by atoms with Gasteiger partial charge in [-0.2, -0.15) is 0 Å². The van der Waals surface area contributed by atoms with Crippen molar-refractivity contribution in [3.05, 3.63) is 82.3 Å². The second kappa shape index (κ2) is 15.9. The molecule has 8 atom stereocenters. The lowest BCUT2D eigenvalue weighted by atomic mass is 9.68. The largest absolute Gasteiger partial charge is 0.495 e. The van der Waals surface area contributed by atoms with Crippen LogP contribution in [0.2, 0.25) is 5.02 Å². The van der Waals surface area contributed by atoms with Crippen molar-refractivity contribution in [2.75, 3.05) is 46.3 Å². The SMILES string of the molecule is C=C/C1=C\C2=C(C)OC[C@]3(CCCc4cc(Cl)ccc43)CN2C[C@@H]2CC[C@H]2[C@@H](OC)/C=C/C[C@H](C)C[S@@](=O)(NC(=O)N[C@H]2C[C@H]2COC)=NC1=O. The number of methoxy groups -OCH3 is 2. The number of rotatable bonds is 6. The quantitative estimate of drug-likeness (QED) is 0.321. The Labute approximate surface area is 308 Å². The number of urea groups is 1. The van der Waals surface area contributed by atoms with Crippen molar-refractivity contribution in [3.63, 3.8) is 0 Å². The number of ether oxygens (including phenoxy) is 3. The van der Waals surface area contributed by atoms with Crippen LogP contribution in [-0.2, 0) is 40.8 Å². The van der Waals surface area contributed by atoms with Crippen LogP contribution in [0.5, 0.6) is 0 Å². The lowest BCUT2D eigenvalue weighted by Crippen LogP contribution is -2.48. The van der Waals surface area contributed by atoms with Gasteiger partial charge in [0.05, 0.1) is 30.8 Å². The van der Waals surface area contributed by atoms with Crippen molar-refractivity contribution in [2.24, 2.45) is 28.0 Å². The predicted octanol–water partition coefficient (Wildman–Crippen LogP) is 6.47. The number of fused-ring (bicyclic) bond motifs is 4. The first-order valence-corrected chi connectivity index (χ1v) is 20.3. The van der Waals surface area contributed by atoms with Crippen LogP contribution in [0, 0.1) is 23.7 Å². The van der Waals surface area contributed by atoms with Crippen molar-refractivity contribution in [2.45, 2.75) is 76.4 Å². The summed E-state index contributed by atoms with van der Waals surface area (Å²) in [5.74, 6) is 0.748. The Bertz CT molecular complexity index is 1730. The van der Waals surface area contributed by atoms with Crippen LogP contribution in [0.4, 0.5) is 4.79 Å². The Morgan fingerprint density at radius 3 is 2.84 bits per heavy atom. The molecule has 0 unspecified atom stereocenters. The number of aryl methyl sites for hydroxylation is 1. The van der Waals surface area contributed by atoms with E-state index in [0.717, 1.165) is 55.8 Å². The molecule has 2 heterocycles. The Balaban J connectivity index is 1.39. The minimum absolute atomic E-state index is 0.000300. The number of halogens is 1. The van der Waals surface area contributed by atoms with Gasteiger partial charge in [-0.05, 0) is 99.0 Å². The average Bonchev–Trinajstić information content (AvgIpc) is 3.82. The molecule has 6 rings (SSSR count). The molecule has 1 aromatic carbocycles. The van der Waals surface area contributed by atoms with E-state index < -0.39 is 21.9 Å². The zero-order valence-electron chi connectivity index (χ0n) is 30.3. The normalized spacial score (nSPS) is 35.7. The topological polar surface area (TPSA) is 119 Å². The highest BCUT2D eigenvalue weighted by molar-refractivity contribution is 7.92. The second-order valence-electron chi connectivity index (χ2n) is 15.2. The van der Waals surface area contributed by atoms with E-state index in [1.165, 1.54) is 17.2 Å². The zero-order chi connectivity index (χ0) is 36.3. The maximum absolute atomic E-state index is 14.4. The molecule has 51 heavy (non-hydrogen) atoms. The van der Waals surface area contributed by atoms with Gasteiger partial charge < -0.3 is 24.4 Å². The fourth-order valence-corrected chi connectivity index (χ4v) is 10.4. The number of benzene rings is 1. The van der Waals surface area contributed by atoms with Crippen LogP contribution in [0.3, 0.4) is 0 Å². The number of allylic oxidation sites excluding steroid dienone is 3. The summed E-state index contributed by atoms with van der Waals surface area (Å²) in [6, 6.07) is 5.52. The van der Waals surface area contributed by atoms with Gasteiger partial charge in [0.15, 0.2) is 0 Å². The summed E-state index contributed by atoms with van der Waals surface area (Å²) < 4.78 is 39.1. The highest BCUT2D eigenvalue weighted by Crippen LogP contribution is 2.45. The molecule has 2 aliphatic heterocycles. The zero-order valence-corrected chi connectivity index (χ0v) is 31.9. The predicted molar refractivity (Wildman–Crippen MR) is 200 cm³/mol. The van der Waals surface area contributed by atoms with E-state index in [9.17, 15) is 13.8 Å². The van der Waals surface area contributed by atoms with Gasteiger partial charge in [0.25, 0.3) is 5.91 Å². The molecule has 0 radical (unpaired) electrons. The summed E-state index contributed by atoms with van der Waals surface area (Å²) in [7, 11) is -0.141. The first-order chi connectivity index (χ1) is 24.5. The van der Waals surface area contributed by atoms with Crippen LogP contribution in [0.15, 0.2) is 70.5 Å². The lowest BCUT2D eigenvalue weighted by molar-refractivity contribution is -0.113. The van der Waals surface area contributed by atoms with Gasteiger partial charge in [0.2, 0.25) is 0 Å². The minimum Gasteiger partial charge on any atom is -0.495 e. The van der Waals surface area contributed by atoms with Gasteiger partial charge in [0, 0.05) is 55.3 Å². The Morgan fingerprint density at radius 2 is 2.12 bits per heavy atom. The summed E-state index contributed by atoms with van der Waals surface area (Å²) in [5, 5.41) is 3.60. The fourth-order valence-electron chi connectivity index (χ4n) is 8.39. The van der Waals surface area contributed by atoms with Crippen LogP contribution in [0.1, 0.15) is 63.5 Å². The molecule has 12 heteroatoms. The van der Waals surface area contributed by atoms with Gasteiger partial charge in [-0.25, -0.2) is 9.00 Å². The van der Waals surface area contributed by atoms with Gasteiger partial charge in [-0.3, -0.25) is 9.52 Å². The van der Waals surface area contributed by atoms with E-state index in [1.807, 2.05) is 19.9 Å². The van der Waals surface area contributed by atoms with Gasteiger partial charge in [-0.15, -0.1) is 4.36 Å². The van der Waals surface area contributed by atoms with Crippen molar-refractivity contribution < 1.29 is 28.0 Å². The number of nitrogens with one attached hydrogen (secondary N) is 2. The summed E-state index contributed by atoms with van der Waals surface area (Å²) in [6.07, 6.45) is 13.8. The Morgan fingerprint density at radius 1 is 1.29 bits per heavy atom. The molecule has 0 saturated heterocycles. The van der Waals surface area contributed by atoms with Crippen molar-refractivity contribution >= 4 is 33.5 Å². The minimum atomic E-state index is -3.52. The van der Waals surface area contributed by atoms with Crippen LogP contribution in [0.25, 0.3) is 0 Å². The third kappa shape index (κ3) is 8.58. The molecule has 1 spiro atoms. The molecular weight excluding hydrogens is 688 g/mol. The van der Waals surface area contributed by atoms with Crippen molar-refractivity contribution in [3.8, 4) is 0 Å². The molecule has 2 saturated carbocycles.